The molecule has 0 radical (unpaired) electrons. The van der Waals surface area contributed by atoms with Crippen LogP contribution < -0.4 is 5.32 Å². The first-order valence-corrected chi connectivity index (χ1v) is 5.84. The van der Waals surface area contributed by atoms with E-state index in [1.54, 1.807) is 24.3 Å². The van der Waals surface area contributed by atoms with Gasteiger partial charge in [0.25, 0.3) is 5.91 Å². The van der Waals surface area contributed by atoms with Crippen LogP contribution >= 0.6 is 23.2 Å². The lowest BCUT2D eigenvalue weighted by Gasteiger charge is -2.07. The van der Waals surface area contributed by atoms with Crippen molar-refractivity contribution in [3.05, 3.63) is 63.9 Å². The molecular formula is C13H8Cl2FNO. The summed E-state index contributed by atoms with van der Waals surface area (Å²) >= 11 is 11.5. The van der Waals surface area contributed by atoms with E-state index < -0.39 is 11.7 Å². The fourth-order valence-electron chi connectivity index (χ4n) is 1.43. The minimum atomic E-state index is -0.674. The van der Waals surface area contributed by atoms with Crippen molar-refractivity contribution < 1.29 is 9.18 Å². The number of hydrogen-bond donors (Lipinski definition) is 1. The lowest BCUT2D eigenvalue weighted by Crippen LogP contribution is -2.13. The van der Waals surface area contributed by atoms with Crippen LogP contribution in [0.4, 0.5) is 10.1 Å². The smallest absolute Gasteiger partial charge is 0.258 e. The lowest BCUT2D eigenvalue weighted by molar-refractivity contribution is 0.102. The fourth-order valence-corrected chi connectivity index (χ4v) is 1.77. The summed E-state index contributed by atoms with van der Waals surface area (Å²) in [5, 5.41) is 3.16. The van der Waals surface area contributed by atoms with E-state index in [0.717, 1.165) is 6.07 Å². The van der Waals surface area contributed by atoms with Crippen molar-refractivity contribution in [2.24, 2.45) is 0 Å². The molecule has 2 rings (SSSR count). The van der Waals surface area contributed by atoms with Crippen LogP contribution in [0.2, 0.25) is 10.0 Å². The third kappa shape index (κ3) is 2.81. The summed E-state index contributed by atoms with van der Waals surface area (Å²) in [5.41, 5.74) is 0.345. The van der Waals surface area contributed by atoms with Crippen molar-refractivity contribution in [2.75, 3.05) is 5.32 Å². The number of anilines is 1. The first-order valence-electron chi connectivity index (χ1n) is 5.09. The molecule has 2 aromatic rings. The number of nitrogens with one attached hydrogen (secondary N) is 1. The summed E-state index contributed by atoms with van der Waals surface area (Å²) in [6.07, 6.45) is 0. The highest BCUT2D eigenvalue weighted by Crippen LogP contribution is 2.22. The normalized spacial score (nSPS) is 10.2. The first kappa shape index (κ1) is 12.9. The van der Waals surface area contributed by atoms with Gasteiger partial charge in [0.1, 0.15) is 5.82 Å². The Morgan fingerprint density at radius 1 is 1.11 bits per heavy atom. The van der Waals surface area contributed by atoms with Gasteiger partial charge in [0.2, 0.25) is 0 Å². The van der Waals surface area contributed by atoms with E-state index in [1.165, 1.54) is 12.1 Å². The zero-order chi connectivity index (χ0) is 13.1. The van der Waals surface area contributed by atoms with Gasteiger partial charge in [-0.15, -0.1) is 0 Å². The molecule has 92 valence electrons. The van der Waals surface area contributed by atoms with E-state index in [-0.39, 0.29) is 10.6 Å². The van der Waals surface area contributed by atoms with E-state index in [0.29, 0.717) is 10.7 Å². The molecule has 1 N–H and O–H groups in total. The number of halogens is 3. The second-order valence-corrected chi connectivity index (χ2v) is 4.40. The largest absolute Gasteiger partial charge is 0.321 e. The molecule has 18 heavy (non-hydrogen) atoms. The molecule has 0 atom stereocenters. The molecule has 0 unspecified atom stereocenters. The van der Waals surface area contributed by atoms with Gasteiger partial charge in [0, 0.05) is 5.02 Å². The van der Waals surface area contributed by atoms with Gasteiger partial charge in [-0.05, 0) is 30.3 Å². The Morgan fingerprint density at radius 2 is 1.83 bits per heavy atom. The number of hydrogen-bond acceptors (Lipinski definition) is 1. The van der Waals surface area contributed by atoms with Crippen molar-refractivity contribution in [2.45, 2.75) is 0 Å². The predicted octanol–water partition coefficient (Wildman–Crippen LogP) is 4.38. The molecule has 0 aliphatic carbocycles. The second kappa shape index (κ2) is 5.38. The topological polar surface area (TPSA) is 29.1 Å². The van der Waals surface area contributed by atoms with E-state index in [2.05, 4.69) is 5.32 Å². The Balaban J connectivity index is 2.25. The van der Waals surface area contributed by atoms with Gasteiger partial charge in [0.15, 0.2) is 0 Å². The van der Waals surface area contributed by atoms with E-state index in [9.17, 15) is 9.18 Å². The van der Waals surface area contributed by atoms with E-state index in [1.807, 2.05) is 0 Å². The van der Waals surface area contributed by atoms with Crippen LogP contribution in [0.1, 0.15) is 10.4 Å². The number of carbonyl (C=O) groups excluding carboxylic acids is 1. The summed E-state index contributed by atoms with van der Waals surface area (Å²) in [6.45, 7) is 0. The van der Waals surface area contributed by atoms with E-state index in [4.69, 9.17) is 23.2 Å². The Morgan fingerprint density at radius 3 is 2.50 bits per heavy atom. The number of para-hydroxylation sites is 1. The zero-order valence-electron chi connectivity index (χ0n) is 9.08. The maximum absolute atomic E-state index is 13.5. The third-order valence-corrected chi connectivity index (χ3v) is 2.86. The van der Waals surface area contributed by atoms with Crippen molar-refractivity contribution in [1.82, 2.24) is 0 Å². The number of rotatable bonds is 2. The van der Waals surface area contributed by atoms with Crippen molar-refractivity contribution in [1.29, 1.82) is 0 Å². The Kier molecular flexibility index (Phi) is 3.84. The summed E-state index contributed by atoms with van der Waals surface area (Å²) in [6, 6.07) is 10.6. The summed E-state index contributed by atoms with van der Waals surface area (Å²) < 4.78 is 13.5. The van der Waals surface area contributed by atoms with Gasteiger partial charge in [-0.2, -0.15) is 0 Å². The number of amides is 1. The molecule has 0 spiro atoms. The van der Waals surface area contributed by atoms with Crippen LogP contribution in [0.5, 0.6) is 0 Å². The van der Waals surface area contributed by atoms with Crippen LogP contribution in [0.15, 0.2) is 42.5 Å². The average Bonchev–Trinajstić information content (AvgIpc) is 2.32. The molecule has 2 aromatic carbocycles. The number of carbonyl (C=O) groups is 1. The molecule has 0 fully saturated rings. The Labute approximate surface area is 113 Å². The Hall–Kier alpha value is -1.58. The quantitative estimate of drug-likeness (QED) is 0.870. The number of benzene rings is 2. The maximum Gasteiger partial charge on any atom is 0.258 e. The summed E-state index contributed by atoms with van der Waals surface area (Å²) in [4.78, 5) is 11.8. The molecule has 0 aliphatic heterocycles. The average molecular weight is 284 g/mol. The van der Waals surface area contributed by atoms with Crippen LogP contribution in [0.25, 0.3) is 0 Å². The van der Waals surface area contributed by atoms with Gasteiger partial charge >= 0.3 is 0 Å². The Bertz CT molecular complexity index is 601. The minimum Gasteiger partial charge on any atom is -0.321 e. The molecular weight excluding hydrogens is 276 g/mol. The summed E-state index contributed by atoms with van der Waals surface area (Å²) in [5.74, 6) is -1.25. The highest BCUT2D eigenvalue weighted by molar-refractivity contribution is 6.34. The highest BCUT2D eigenvalue weighted by atomic mass is 35.5. The molecule has 0 saturated heterocycles. The molecule has 0 bridgehead atoms. The molecule has 2 nitrogen and oxygen atoms in total. The standard InChI is InChI=1S/C13H8Cl2FNO/c14-8-5-6-9(11(16)7-8)13(18)17-12-4-2-1-3-10(12)15/h1-7H,(H,17,18). The lowest BCUT2D eigenvalue weighted by atomic mass is 10.2. The molecule has 5 heteroatoms. The third-order valence-electron chi connectivity index (χ3n) is 2.30. The van der Waals surface area contributed by atoms with Gasteiger partial charge in [-0.1, -0.05) is 35.3 Å². The zero-order valence-corrected chi connectivity index (χ0v) is 10.6. The fraction of sp³-hybridized carbons (Fsp3) is 0. The minimum absolute atomic E-state index is 0.0840. The van der Waals surface area contributed by atoms with Crippen LogP contribution in [0, 0.1) is 5.82 Å². The molecule has 1 amide bonds. The van der Waals surface area contributed by atoms with Gasteiger partial charge in [-0.3, -0.25) is 4.79 Å². The van der Waals surface area contributed by atoms with Crippen LogP contribution in [0.3, 0.4) is 0 Å². The molecule has 0 heterocycles. The van der Waals surface area contributed by atoms with Crippen LogP contribution in [-0.2, 0) is 0 Å². The van der Waals surface area contributed by atoms with Gasteiger partial charge < -0.3 is 5.32 Å². The van der Waals surface area contributed by atoms with Crippen molar-refractivity contribution in [3.8, 4) is 0 Å². The summed E-state index contributed by atoms with van der Waals surface area (Å²) in [7, 11) is 0. The maximum atomic E-state index is 13.5. The monoisotopic (exact) mass is 283 g/mol. The van der Waals surface area contributed by atoms with E-state index >= 15 is 0 Å². The molecule has 0 saturated carbocycles. The first-order chi connectivity index (χ1) is 8.58. The van der Waals surface area contributed by atoms with Crippen molar-refractivity contribution >= 4 is 34.8 Å². The molecule has 0 aliphatic rings. The predicted molar refractivity (Wildman–Crippen MR) is 70.8 cm³/mol. The molecule has 0 aromatic heterocycles. The van der Waals surface area contributed by atoms with Crippen molar-refractivity contribution in [3.63, 3.8) is 0 Å². The second-order valence-electron chi connectivity index (χ2n) is 3.56. The van der Waals surface area contributed by atoms with Gasteiger partial charge in [-0.25, -0.2) is 4.39 Å². The SMILES string of the molecule is O=C(Nc1ccccc1Cl)c1ccc(Cl)cc1F. The van der Waals surface area contributed by atoms with Gasteiger partial charge in [0.05, 0.1) is 16.3 Å². The highest BCUT2D eigenvalue weighted by Gasteiger charge is 2.13. The van der Waals surface area contributed by atoms with Crippen LogP contribution in [-0.4, -0.2) is 5.91 Å².